The molecule has 2 aliphatic heterocycles. The number of nitrogens with one attached hydrogen (secondary N) is 1. The van der Waals surface area contributed by atoms with Crippen molar-refractivity contribution in [1.29, 1.82) is 0 Å². The molecule has 0 unspecified atom stereocenters. The van der Waals surface area contributed by atoms with Crippen molar-refractivity contribution in [3.05, 3.63) is 29.3 Å². The second-order valence-corrected chi connectivity index (χ2v) is 11.7. The fraction of sp³-hybridized carbons (Fsp3) is 0.708. The highest BCUT2D eigenvalue weighted by molar-refractivity contribution is 7.89. The number of piperazine rings is 1. The van der Waals surface area contributed by atoms with E-state index in [0.29, 0.717) is 42.9 Å². The van der Waals surface area contributed by atoms with Crippen molar-refractivity contribution in [3.63, 3.8) is 0 Å². The zero-order chi connectivity index (χ0) is 23.3. The van der Waals surface area contributed by atoms with Gasteiger partial charge < -0.3 is 15.1 Å². The fourth-order valence-corrected chi connectivity index (χ4v) is 6.74. The van der Waals surface area contributed by atoms with Crippen LogP contribution >= 0.6 is 0 Å². The monoisotopic (exact) mass is 464 g/mol. The van der Waals surface area contributed by atoms with Crippen LogP contribution in [0.15, 0.2) is 23.1 Å². The van der Waals surface area contributed by atoms with E-state index in [0.717, 1.165) is 37.3 Å². The zero-order valence-corrected chi connectivity index (χ0v) is 21.0. The maximum absolute atomic E-state index is 13.6. The molecule has 0 aliphatic carbocycles. The van der Waals surface area contributed by atoms with Crippen molar-refractivity contribution >= 4 is 15.9 Å². The normalized spacial score (nSPS) is 23.0. The van der Waals surface area contributed by atoms with Crippen LogP contribution in [0.25, 0.3) is 0 Å². The molecule has 0 bridgehead atoms. The Balaban J connectivity index is 1.74. The standard InChI is InChI=1S/C24H40N4O3S/c1-19-5-6-23(22(4)16-19)32(30,31)28(10-7-24(29)27-11-8-25-9-12-27)14-13-26-17-20(2)15-21(3)18-26/h5-6,16,20-21,25H,7-15,17-18H2,1-4H3/t20-,21-/m0/s1. The summed E-state index contributed by atoms with van der Waals surface area (Å²) in [5.74, 6) is 1.28. The summed E-state index contributed by atoms with van der Waals surface area (Å²) in [6.45, 7) is 14.6. The number of carbonyl (C=O) groups excluding carboxylic acids is 1. The molecule has 180 valence electrons. The van der Waals surface area contributed by atoms with Crippen molar-refractivity contribution < 1.29 is 13.2 Å². The topological polar surface area (TPSA) is 73.0 Å². The third kappa shape index (κ3) is 6.53. The summed E-state index contributed by atoms with van der Waals surface area (Å²) < 4.78 is 28.8. The minimum atomic E-state index is -3.68. The summed E-state index contributed by atoms with van der Waals surface area (Å²) in [4.78, 5) is 17.3. The van der Waals surface area contributed by atoms with Gasteiger partial charge in [0.2, 0.25) is 15.9 Å². The molecule has 3 rings (SSSR count). The molecule has 0 spiro atoms. The highest BCUT2D eigenvalue weighted by atomic mass is 32.2. The molecule has 2 fully saturated rings. The molecule has 0 saturated carbocycles. The fourth-order valence-electron chi connectivity index (χ4n) is 5.10. The molecule has 32 heavy (non-hydrogen) atoms. The molecular weight excluding hydrogens is 424 g/mol. The highest BCUT2D eigenvalue weighted by Gasteiger charge is 2.29. The minimum Gasteiger partial charge on any atom is -0.340 e. The molecule has 1 amide bonds. The van der Waals surface area contributed by atoms with Gasteiger partial charge in [0.1, 0.15) is 0 Å². The first kappa shape index (κ1) is 25.1. The number of likely N-dealkylation sites (tertiary alicyclic amines) is 1. The summed E-state index contributed by atoms with van der Waals surface area (Å²) in [5, 5.41) is 3.25. The lowest BCUT2D eigenvalue weighted by Gasteiger charge is -2.36. The van der Waals surface area contributed by atoms with Gasteiger partial charge in [0.15, 0.2) is 0 Å². The van der Waals surface area contributed by atoms with Crippen LogP contribution in [-0.4, -0.2) is 87.3 Å². The number of benzene rings is 1. The number of aryl methyl sites for hydroxylation is 2. The van der Waals surface area contributed by atoms with E-state index in [-0.39, 0.29) is 18.9 Å². The number of rotatable bonds is 8. The Labute approximate surface area is 194 Å². The molecule has 0 radical (unpaired) electrons. The Morgan fingerprint density at radius 2 is 1.75 bits per heavy atom. The van der Waals surface area contributed by atoms with Crippen LogP contribution in [-0.2, 0) is 14.8 Å². The Morgan fingerprint density at radius 1 is 1.09 bits per heavy atom. The number of nitrogens with zero attached hydrogens (tertiary/aromatic N) is 3. The zero-order valence-electron chi connectivity index (χ0n) is 20.1. The van der Waals surface area contributed by atoms with E-state index >= 15 is 0 Å². The van der Waals surface area contributed by atoms with E-state index < -0.39 is 10.0 Å². The van der Waals surface area contributed by atoms with Gasteiger partial charge in [0.25, 0.3) is 0 Å². The van der Waals surface area contributed by atoms with Crippen LogP contribution in [0.2, 0.25) is 0 Å². The van der Waals surface area contributed by atoms with Crippen LogP contribution < -0.4 is 5.32 Å². The average Bonchev–Trinajstić information content (AvgIpc) is 2.73. The molecule has 1 aromatic rings. The van der Waals surface area contributed by atoms with Gasteiger partial charge >= 0.3 is 0 Å². The smallest absolute Gasteiger partial charge is 0.243 e. The summed E-state index contributed by atoms with van der Waals surface area (Å²) in [6, 6.07) is 5.46. The van der Waals surface area contributed by atoms with Crippen LogP contribution in [0.5, 0.6) is 0 Å². The molecule has 1 N–H and O–H groups in total. The van der Waals surface area contributed by atoms with Gasteiger partial charge in [-0.3, -0.25) is 4.79 Å². The maximum Gasteiger partial charge on any atom is 0.243 e. The van der Waals surface area contributed by atoms with Crippen LogP contribution in [0.4, 0.5) is 0 Å². The van der Waals surface area contributed by atoms with Gasteiger partial charge in [-0.15, -0.1) is 0 Å². The SMILES string of the molecule is Cc1ccc(S(=O)(=O)N(CCC(=O)N2CCNCC2)CCN2C[C@@H](C)C[C@H](C)C2)c(C)c1. The number of piperidine rings is 1. The molecule has 2 heterocycles. The van der Waals surface area contributed by atoms with Gasteiger partial charge in [-0.1, -0.05) is 31.5 Å². The lowest BCUT2D eigenvalue weighted by Crippen LogP contribution is -2.48. The predicted octanol–water partition coefficient (Wildman–Crippen LogP) is 2.09. The van der Waals surface area contributed by atoms with Crippen LogP contribution in [0.3, 0.4) is 0 Å². The third-order valence-corrected chi connectivity index (χ3v) is 8.66. The highest BCUT2D eigenvalue weighted by Crippen LogP contribution is 2.23. The number of amides is 1. The summed E-state index contributed by atoms with van der Waals surface area (Å²) in [7, 11) is -3.68. The molecule has 8 heteroatoms. The molecule has 1 aromatic carbocycles. The van der Waals surface area contributed by atoms with Crippen molar-refractivity contribution in [1.82, 2.24) is 19.4 Å². The van der Waals surface area contributed by atoms with Gasteiger partial charge in [-0.25, -0.2) is 8.42 Å². The lowest BCUT2D eigenvalue weighted by molar-refractivity contribution is -0.131. The van der Waals surface area contributed by atoms with Crippen molar-refractivity contribution in [3.8, 4) is 0 Å². The first-order valence-corrected chi connectivity index (χ1v) is 13.4. The quantitative estimate of drug-likeness (QED) is 0.638. The Hall–Kier alpha value is -1.48. The second-order valence-electron chi connectivity index (χ2n) is 9.76. The molecule has 0 aromatic heterocycles. The lowest BCUT2D eigenvalue weighted by atomic mass is 9.92. The molecule has 2 saturated heterocycles. The summed E-state index contributed by atoms with van der Waals surface area (Å²) >= 11 is 0. The van der Waals surface area contributed by atoms with E-state index in [9.17, 15) is 13.2 Å². The number of hydrogen-bond donors (Lipinski definition) is 1. The Kier molecular flexibility index (Phi) is 8.72. The van der Waals surface area contributed by atoms with E-state index in [1.807, 2.05) is 30.9 Å². The maximum atomic E-state index is 13.6. The number of hydrogen-bond acceptors (Lipinski definition) is 5. The van der Waals surface area contributed by atoms with Crippen molar-refractivity contribution in [2.75, 3.05) is 58.9 Å². The molecule has 7 nitrogen and oxygen atoms in total. The van der Waals surface area contributed by atoms with E-state index in [1.54, 1.807) is 6.07 Å². The van der Waals surface area contributed by atoms with Crippen molar-refractivity contribution in [2.24, 2.45) is 11.8 Å². The second kappa shape index (κ2) is 11.1. The van der Waals surface area contributed by atoms with Crippen LogP contribution in [0.1, 0.15) is 37.8 Å². The molecule has 2 aliphatic rings. The summed E-state index contributed by atoms with van der Waals surface area (Å²) in [5.41, 5.74) is 1.79. The Bertz CT molecular complexity index is 873. The molecule has 2 atom stereocenters. The summed E-state index contributed by atoms with van der Waals surface area (Å²) in [6.07, 6.45) is 1.44. The van der Waals surface area contributed by atoms with E-state index in [2.05, 4.69) is 24.1 Å². The first-order valence-electron chi connectivity index (χ1n) is 11.9. The number of sulfonamides is 1. The van der Waals surface area contributed by atoms with E-state index in [1.165, 1.54) is 10.7 Å². The largest absolute Gasteiger partial charge is 0.340 e. The Morgan fingerprint density at radius 3 is 2.38 bits per heavy atom. The van der Waals surface area contributed by atoms with Gasteiger partial charge in [0.05, 0.1) is 4.90 Å². The third-order valence-electron chi connectivity index (χ3n) is 6.60. The number of carbonyl (C=O) groups is 1. The minimum absolute atomic E-state index is 0.0348. The first-order chi connectivity index (χ1) is 15.2. The van der Waals surface area contributed by atoms with Gasteiger partial charge in [-0.05, 0) is 43.7 Å². The van der Waals surface area contributed by atoms with Crippen LogP contribution in [0, 0.1) is 25.7 Å². The van der Waals surface area contributed by atoms with Gasteiger partial charge in [-0.2, -0.15) is 4.31 Å². The average molecular weight is 465 g/mol. The predicted molar refractivity (Wildman–Crippen MR) is 128 cm³/mol. The molecular formula is C24H40N4O3S. The van der Waals surface area contributed by atoms with E-state index in [4.69, 9.17) is 0 Å². The van der Waals surface area contributed by atoms with Gasteiger partial charge in [0, 0.05) is 65.3 Å². The van der Waals surface area contributed by atoms with Crippen molar-refractivity contribution in [2.45, 2.75) is 45.4 Å².